The largest absolute Gasteiger partial charge is 0.419 e. The summed E-state index contributed by atoms with van der Waals surface area (Å²) < 4.78 is 6.73. The molecule has 0 saturated carbocycles. The van der Waals surface area contributed by atoms with Crippen LogP contribution in [0, 0.1) is 0 Å². The van der Waals surface area contributed by atoms with Crippen LogP contribution in [0.15, 0.2) is 57.7 Å². The highest BCUT2D eigenvalue weighted by atomic mass is 16.4. The average Bonchev–Trinajstić information content (AvgIpc) is 3.01. The van der Waals surface area contributed by atoms with Gasteiger partial charge in [0.25, 0.3) is 0 Å². The number of nitrogens with zero attached hydrogens (tertiary/aromatic N) is 1. The smallest absolute Gasteiger partial charge is 0.408 e. The van der Waals surface area contributed by atoms with Gasteiger partial charge in [0.15, 0.2) is 5.58 Å². The molecule has 4 nitrogen and oxygen atoms in total. The van der Waals surface area contributed by atoms with Crippen molar-refractivity contribution < 1.29 is 4.42 Å². The standard InChI is InChI=1S/C16H12N2O2/c1-18-14-7-6-11(9-15(14)20-16(18)19)13-8-10-4-2-3-5-12(10)17-13/h2-9,17H,1H3. The summed E-state index contributed by atoms with van der Waals surface area (Å²) in [7, 11) is 1.71. The Morgan fingerprint density at radius 2 is 1.95 bits per heavy atom. The Bertz CT molecular complexity index is 955. The molecule has 0 unspecified atom stereocenters. The van der Waals surface area contributed by atoms with Gasteiger partial charge in [-0.05, 0) is 24.3 Å². The number of benzene rings is 2. The van der Waals surface area contributed by atoms with E-state index in [4.69, 9.17) is 4.42 Å². The molecule has 0 aliphatic heterocycles. The minimum absolute atomic E-state index is 0.339. The van der Waals surface area contributed by atoms with Crippen molar-refractivity contribution in [2.45, 2.75) is 0 Å². The molecule has 4 heteroatoms. The van der Waals surface area contributed by atoms with E-state index in [1.807, 2.05) is 36.4 Å². The van der Waals surface area contributed by atoms with Crippen LogP contribution in [0.4, 0.5) is 0 Å². The van der Waals surface area contributed by atoms with E-state index < -0.39 is 0 Å². The van der Waals surface area contributed by atoms with Gasteiger partial charge in [-0.15, -0.1) is 0 Å². The number of H-pyrrole nitrogens is 1. The monoisotopic (exact) mass is 264 g/mol. The summed E-state index contributed by atoms with van der Waals surface area (Å²) in [5, 5.41) is 1.16. The molecule has 0 radical (unpaired) electrons. The van der Waals surface area contributed by atoms with Crippen molar-refractivity contribution in [1.82, 2.24) is 9.55 Å². The Labute approximate surface area is 114 Å². The van der Waals surface area contributed by atoms with Crippen molar-refractivity contribution in [2.75, 3.05) is 0 Å². The molecule has 2 heterocycles. The van der Waals surface area contributed by atoms with E-state index in [9.17, 15) is 4.79 Å². The van der Waals surface area contributed by atoms with Gasteiger partial charge >= 0.3 is 5.76 Å². The molecule has 0 atom stereocenters. The Morgan fingerprint density at radius 1 is 1.10 bits per heavy atom. The van der Waals surface area contributed by atoms with Crippen LogP contribution in [0.3, 0.4) is 0 Å². The summed E-state index contributed by atoms with van der Waals surface area (Å²) in [5.74, 6) is -0.339. The van der Waals surface area contributed by atoms with Crippen molar-refractivity contribution in [3.05, 3.63) is 59.1 Å². The molecule has 0 fully saturated rings. The number of aryl methyl sites for hydroxylation is 1. The maximum atomic E-state index is 11.5. The predicted octanol–water partition coefficient (Wildman–Crippen LogP) is 3.28. The fourth-order valence-electron chi connectivity index (χ4n) is 2.53. The maximum absolute atomic E-state index is 11.5. The number of aromatic nitrogens is 2. The highest BCUT2D eigenvalue weighted by molar-refractivity contribution is 5.88. The fourth-order valence-corrected chi connectivity index (χ4v) is 2.53. The number of nitrogens with one attached hydrogen (secondary N) is 1. The first-order valence-corrected chi connectivity index (χ1v) is 6.40. The average molecular weight is 264 g/mol. The Kier molecular flexibility index (Phi) is 2.15. The van der Waals surface area contributed by atoms with Gasteiger partial charge in [-0.3, -0.25) is 4.57 Å². The first kappa shape index (κ1) is 11.1. The maximum Gasteiger partial charge on any atom is 0.419 e. The van der Waals surface area contributed by atoms with Crippen LogP contribution in [0.2, 0.25) is 0 Å². The predicted molar refractivity (Wildman–Crippen MR) is 78.7 cm³/mol. The van der Waals surface area contributed by atoms with Crippen molar-refractivity contribution in [3.63, 3.8) is 0 Å². The third kappa shape index (κ3) is 1.51. The summed E-state index contributed by atoms with van der Waals surface area (Å²) in [6.07, 6.45) is 0. The highest BCUT2D eigenvalue weighted by Crippen LogP contribution is 2.26. The van der Waals surface area contributed by atoms with Crippen LogP contribution in [-0.2, 0) is 7.05 Å². The van der Waals surface area contributed by atoms with Crippen molar-refractivity contribution in [2.24, 2.45) is 7.05 Å². The molecule has 0 aliphatic carbocycles. The van der Waals surface area contributed by atoms with Gasteiger partial charge in [0.1, 0.15) is 0 Å². The number of para-hydroxylation sites is 1. The zero-order valence-corrected chi connectivity index (χ0v) is 10.9. The quantitative estimate of drug-likeness (QED) is 0.573. The van der Waals surface area contributed by atoms with E-state index in [0.29, 0.717) is 5.58 Å². The number of aromatic amines is 1. The molecule has 1 N–H and O–H groups in total. The number of hydrogen-bond acceptors (Lipinski definition) is 2. The zero-order chi connectivity index (χ0) is 13.7. The van der Waals surface area contributed by atoms with Crippen LogP contribution in [0.25, 0.3) is 33.3 Å². The summed E-state index contributed by atoms with van der Waals surface area (Å²) >= 11 is 0. The van der Waals surface area contributed by atoms with Gasteiger partial charge in [-0.2, -0.15) is 0 Å². The third-order valence-corrected chi connectivity index (χ3v) is 3.63. The molecule has 20 heavy (non-hydrogen) atoms. The van der Waals surface area contributed by atoms with Crippen LogP contribution >= 0.6 is 0 Å². The van der Waals surface area contributed by atoms with Gasteiger partial charge in [0, 0.05) is 29.2 Å². The van der Waals surface area contributed by atoms with Crippen molar-refractivity contribution >= 4 is 22.0 Å². The van der Waals surface area contributed by atoms with Gasteiger partial charge in [0.05, 0.1) is 5.52 Å². The molecule has 98 valence electrons. The number of oxazole rings is 1. The van der Waals surface area contributed by atoms with Crippen molar-refractivity contribution in [3.8, 4) is 11.3 Å². The van der Waals surface area contributed by atoms with Gasteiger partial charge < -0.3 is 9.40 Å². The molecule has 0 bridgehead atoms. The van der Waals surface area contributed by atoms with E-state index in [2.05, 4.69) is 17.1 Å². The first-order valence-electron chi connectivity index (χ1n) is 6.40. The lowest BCUT2D eigenvalue weighted by molar-refractivity contribution is 0.528. The second-order valence-electron chi connectivity index (χ2n) is 4.88. The molecule has 0 saturated heterocycles. The molecule has 0 spiro atoms. The van der Waals surface area contributed by atoms with E-state index in [-0.39, 0.29) is 5.76 Å². The minimum atomic E-state index is -0.339. The second kappa shape index (κ2) is 3.87. The third-order valence-electron chi connectivity index (χ3n) is 3.63. The molecule has 0 amide bonds. The summed E-state index contributed by atoms with van der Waals surface area (Å²) in [6.45, 7) is 0. The molecule has 4 aromatic rings. The first-order chi connectivity index (χ1) is 9.72. The number of fused-ring (bicyclic) bond motifs is 2. The Balaban J connectivity index is 1.95. The number of hydrogen-bond donors (Lipinski definition) is 1. The lowest BCUT2D eigenvalue weighted by Gasteiger charge is -1.98. The van der Waals surface area contributed by atoms with Crippen LogP contribution in [0.5, 0.6) is 0 Å². The number of rotatable bonds is 1. The summed E-state index contributed by atoms with van der Waals surface area (Å²) in [6, 6.07) is 16.0. The molecular weight excluding hydrogens is 252 g/mol. The van der Waals surface area contributed by atoms with E-state index in [0.717, 1.165) is 27.7 Å². The highest BCUT2D eigenvalue weighted by Gasteiger charge is 2.08. The van der Waals surface area contributed by atoms with Crippen molar-refractivity contribution in [1.29, 1.82) is 0 Å². The van der Waals surface area contributed by atoms with Gasteiger partial charge in [-0.1, -0.05) is 24.3 Å². The molecule has 2 aromatic carbocycles. The lowest BCUT2D eigenvalue weighted by atomic mass is 10.1. The van der Waals surface area contributed by atoms with E-state index in [1.165, 1.54) is 4.57 Å². The Morgan fingerprint density at radius 3 is 2.80 bits per heavy atom. The second-order valence-corrected chi connectivity index (χ2v) is 4.88. The molecule has 2 aromatic heterocycles. The molecule has 4 rings (SSSR count). The van der Waals surface area contributed by atoms with E-state index >= 15 is 0 Å². The zero-order valence-electron chi connectivity index (χ0n) is 10.9. The normalized spacial score (nSPS) is 11.4. The lowest BCUT2D eigenvalue weighted by Crippen LogP contribution is -2.08. The Hall–Kier alpha value is -2.75. The topological polar surface area (TPSA) is 50.9 Å². The van der Waals surface area contributed by atoms with E-state index in [1.54, 1.807) is 7.05 Å². The minimum Gasteiger partial charge on any atom is -0.408 e. The van der Waals surface area contributed by atoms with Gasteiger partial charge in [0.2, 0.25) is 0 Å². The molecule has 0 aliphatic rings. The fraction of sp³-hybridized carbons (Fsp3) is 0.0625. The molecular formula is C16H12N2O2. The SMILES string of the molecule is Cn1c(=O)oc2cc(-c3cc4ccccc4[nH]3)ccc21. The van der Waals surface area contributed by atoms with Crippen LogP contribution in [-0.4, -0.2) is 9.55 Å². The van der Waals surface area contributed by atoms with Crippen LogP contribution in [0.1, 0.15) is 0 Å². The van der Waals surface area contributed by atoms with Crippen LogP contribution < -0.4 is 5.76 Å². The summed E-state index contributed by atoms with van der Waals surface area (Å²) in [5.41, 5.74) is 4.52. The van der Waals surface area contributed by atoms with Gasteiger partial charge in [-0.25, -0.2) is 4.79 Å². The summed E-state index contributed by atoms with van der Waals surface area (Å²) in [4.78, 5) is 14.9.